The third kappa shape index (κ3) is 5.90. The van der Waals surface area contributed by atoms with Crippen molar-refractivity contribution in [2.24, 2.45) is 0 Å². The third-order valence-corrected chi connectivity index (χ3v) is 7.38. The van der Waals surface area contributed by atoms with Crippen LogP contribution in [0, 0.1) is 0 Å². The summed E-state index contributed by atoms with van der Waals surface area (Å²) >= 11 is 3.30. The normalized spacial score (nSPS) is 13.7. The van der Waals surface area contributed by atoms with Gasteiger partial charge in [-0.15, -0.1) is 9.46 Å². The monoisotopic (exact) mass is 572 g/mol. The largest absolute Gasteiger partial charge is 0.482 e. The van der Waals surface area contributed by atoms with Gasteiger partial charge in [0.1, 0.15) is 5.75 Å². The number of ether oxygens (including phenoxy) is 1. The molecule has 0 amide bonds. The summed E-state index contributed by atoms with van der Waals surface area (Å²) in [4.78, 5) is 23.9. The molecule has 0 bridgehead atoms. The van der Waals surface area contributed by atoms with Gasteiger partial charge in [-0.2, -0.15) is 0 Å². The van der Waals surface area contributed by atoms with Crippen LogP contribution in [0.2, 0.25) is 0 Å². The second kappa shape index (κ2) is 10.4. The molecule has 3 aromatic rings. The van der Waals surface area contributed by atoms with E-state index in [1.165, 1.54) is 6.07 Å². The fourth-order valence-corrected chi connectivity index (χ4v) is 5.23. The second-order valence-electron chi connectivity index (χ2n) is 8.06. The van der Waals surface area contributed by atoms with Gasteiger partial charge in [-0.05, 0) is 63.4 Å². The summed E-state index contributed by atoms with van der Waals surface area (Å²) < 4.78 is 51.9. The predicted molar refractivity (Wildman–Crippen MR) is 124 cm³/mol. The van der Waals surface area contributed by atoms with Crippen molar-refractivity contribution in [3.05, 3.63) is 74.7 Å². The van der Waals surface area contributed by atoms with Crippen LogP contribution in [-0.4, -0.2) is 26.8 Å². The standard InChI is InChI=1S/C22H20BrF2N2O7P/c23-19-9-14(1-2-16(19)13-35(31,33-24)34-25)10-27-20(11-26(22(27)30)17-5-6-17)15-3-7-18(8-4-15)32-12-21(28)29/h1-4,7-9,11,17H,5-6,10,12-13H2,(H,28,29). The zero-order chi connectivity index (χ0) is 25.2. The highest BCUT2D eigenvalue weighted by Gasteiger charge is 2.30. The number of imidazole rings is 1. The highest BCUT2D eigenvalue weighted by molar-refractivity contribution is 9.10. The summed E-state index contributed by atoms with van der Waals surface area (Å²) in [6, 6.07) is 11.7. The molecular weight excluding hydrogens is 553 g/mol. The van der Waals surface area contributed by atoms with Crippen LogP contribution in [0.25, 0.3) is 11.3 Å². The van der Waals surface area contributed by atoms with Gasteiger partial charge in [-0.3, -0.25) is 13.7 Å². The number of carboxylic acid groups (broad SMARTS) is 1. The summed E-state index contributed by atoms with van der Waals surface area (Å²) in [5, 5.41) is 8.76. The fourth-order valence-electron chi connectivity index (χ4n) is 3.63. The van der Waals surface area contributed by atoms with E-state index < -0.39 is 26.3 Å². The van der Waals surface area contributed by atoms with Crippen molar-refractivity contribution in [2.75, 3.05) is 6.61 Å². The van der Waals surface area contributed by atoms with E-state index in [2.05, 4.69) is 25.4 Å². The average Bonchev–Trinajstić information content (AvgIpc) is 3.64. The van der Waals surface area contributed by atoms with Gasteiger partial charge >= 0.3 is 19.3 Å². The lowest BCUT2D eigenvalue weighted by Crippen LogP contribution is -2.24. The topological polar surface area (TPSA) is 109 Å². The SMILES string of the molecule is O=C(O)COc1ccc(-c2cn(C3CC3)c(=O)n2Cc2ccc(CP(=O)(OF)OF)c(Br)c2)cc1. The van der Waals surface area contributed by atoms with E-state index in [4.69, 9.17) is 9.84 Å². The maximum atomic E-state index is 13.2. The molecule has 0 spiro atoms. The Bertz CT molecular complexity index is 1330. The molecule has 1 N–H and O–H groups in total. The Kier molecular flexibility index (Phi) is 7.56. The van der Waals surface area contributed by atoms with Gasteiger partial charge in [0.15, 0.2) is 6.61 Å². The Morgan fingerprint density at radius 2 is 1.83 bits per heavy atom. The first-order valence-electron chi connectivity index (χ1n) is 10.5. The quantitative estimate of drug-likeness (QED) is 0.305. The molecule has 35 heavy (non-hydrogen) atoms. The minimum atomic E-state index is -4.55. The number of hydrogen-bond acceptors (Lipinski definition) is 6. The van der Waals surface area contributed by atoms with E-state index >= 15 is 0 Å². The number of nitrogens with zero attached hydrogens (tertiary/aromatic N) is 2. The van der Waals surface area contributed by atoms with Crippen LogP contribution in [0.5, 0.6) is 5.75 Å². The molecule has 1 saturated carbocycles. The molecule has 1 fully saturated rings. The van der Waals surface area contributed by atoms with Crippen LogP contribution in [0.4, 0.5) is 9.05 Å². The average molecular weight is 573 g/mol. The third-order valence-electron chi connectivity index (χ3n) is 5.49. The first-order valence-corrected chi connectivity index (χ1v) is 13.0. The van der Waals surface area contributed by atoms with E-state index in [9.17, 15) is 23.2 Å². The van der Waals surface area contributed by atoms with E-state index in [1.54, 1.807) is 51.7 Å². The minimum absolute atomic E-state index is 0.144. The number of halogens is 3. The smallest absolute Gasteiger partial charge is 0.399 e. The van der Waals surface area contributed by atoms with Crippen LogP contribution in [0.3, 0.4) is 0 Å². The number of rotatable bonds is 11. The highest BCUT2D eigenvalue weighted by Crippen LogP contribution is 2.53. The van der Waals surface area contributed by atoms with Crippen molar-refractivity contribution in [2.45, 2.75) is 31.6 Å². The van der Waals surface area contributed by atoms with Gasteiger partial charge in [-0.25, -0.2) is 9.59 Å². The molecular formula is C22H20BrF2N2O7P. The molecule has 1 heterocycles. The van der Waals surface area contributed by atoms with E-state index in [-0.39, 0.29) is 18.3 Å². The van der Waals surface area contributed by atoms with Gasteiger partial charge in [-0.1, -0.05) is 28.1 Å². The summed E-state index contributed by atoms with van der Waals surface area (Å²) in [6.07, 6.45) is 3.00. The molecule has 9 nitrogen and oxygen atoms in total. The summed E-state index contributed by atoms with van der Waals surface area (Å²) in [5.74, 6) is -0.697. The first-order chi connectivity index (χ1) is 16.7. The number of benzene rings is 2. The first kappa shape index (κ1) is 25.3. The zero-order valence-electron chi connectivity index (χ0n) is 18.1. The van der Waals surface area contributed by atoms with Gasteiger partial charge in [0.25, 0.3) is 0 Å². The van der Waals surface area contributed by atoms with Gasteiger partial charge < -0.3 is 9.84 Å². The Labute approximate surface area is 206 Å². The molecule has 1 aliphatic rings. The Balaban J connectivity index is 1.63. The number of aliphatic carboxylic acids is 1. The summed E-state index contributed by atoms with van der Waals surface area (Å²) in [7, 11) is -4.55. The van der Waals surface area contributed by atoms with E-state index in [1.807, 2.05) is 0 Å². The van der Waals surface area contributed by atoms with Crippen LogP contribution >= 0.6 is 23.5 Å². The number of aromatic nitrogens is 2. The Morgan fingerprint density at radius 3 is 2.40 bits per heavy atom. The van der Waals surface area contributed by atoms with Crippen LogP contribution in [0.1, 0.15) is 30.0 Å². The molecule has 0 aliphatic heterocycles. The fraction of sp³-hybridized carbons (Fsp3) is 0.273. The van der Waals surface area contributed by atoms with Crippen molar-refractivity contribution in [1.82, 2.24) is 9.13 Å². The minimum Gasteiger partial charge on any atom is -0.482 e. The second-order valence-corrected chi connectivity index (χ2v) is 10.7. The molecule has 0 atom stereocenters. The molecule has 0 unspecified atom stereocenters. The number of hydrogen-bond donors (Lipinski definition) is 1. The molecule has 1 aromatic heterocycles. The predicted octanol–water partition coefficient (Wildman–Crippen LogP) is 5.42. The molecule has 4 rings (SSSR count). The van der Waals surface area contributed by atoms with Crippen molar-refractivity contribution >= 4 is 29.5 Å². The van der Waals surface area contributed by atoms with Crippen molar-refractivity contribution in [1.29, 1.82) is 0 Å². The van der Waals surface area contributed by atoms with Crippen LogP contribution in [0.15, 0.2) is 57.9 Å². The lowest BCUT2D eigenvalue weighted by atomic mass is 10.1. The lowest BCUT2D eigenvalue weighted by Gasteiger charge is -2.12. The van der Waals surface area contributed by atoms with Gasteiger partial charge in [0.05, 0.1) is 18.4 Å². The number of carbonyl (C=O) groups is 1. The van der Waals surface area contributed by atoms with Crippen molar-refractivity contribution in [3.63, 3.8) is 0 Å². The molecule has 2 aromatic carbocycles. The van der Waals surface area contributed by atoms with Crippen LogP contribution in [-0.2, 0) is 31.5 Å². The van der Waals surface area contributed by atoms with Crippen molar-refractivity contribution < 1.29 is 37.7 Å². The Morgan fingerprint density at radius 1 is 1.14 bits per heavy atom. The molecule has 13 heteroatoms. The van der Waals surface area contributed by atoms with Crippen molar-refractivity contribution in [3.8, 4) is 17.0 Å². The maximum absolute atomic E-state index is 13.2. The zero-order valence-corrected chi connectivity index (χ0v) is 20.6. The van der Waals surface area contributed by atoms with Gasteiger partial charge in [0.2, 0.25) is 0 Å². The number of carboxylic acids is 1. The molecule has 0 radical (unpaired) electrons. The van der Waals surface area contributed by atoms with Gasteiger partial charge in [0, 0.05) is 22.3 Å². The van der Waals surface area contributed by atoms with E-state index in [0.29, 0.717) is 27.0 Å². The lowest BCUT2D eigenvalue weighted by molar-refractivity contribution is -0.139. The summed E-state index contributed by atoms with van der Waals surface area (Å²) in [5.41, 5.74) is 2.22. The molecule has 186 valence electrons. The Hall–Kier alpha value is -2.79. The van der Waals surface area contributed by atoms with Crippen LogP contribution < -0.4 is 10.4 Å². The highest BCUT2D eigenvalue weighted by atomic mass is 79.9. The molecule has 1 aliphatic carbocycles. The summed E-state index contributed by atoms with van der Waals surface area (Å²) in [6.45, 7) is -0.266. The maximum Gasteiger partial charge on any atom is 0.399 e. The van der Waals surface area contributed by atoms with E-state index in [0.717, 1.165) is 18.4 Å². The molecule has 0 saturated heterocycles.